The number of hydrogen-bond donors (Lipinski definition) is 1. The molecule has 0 saturated heterocycles. The van der Waals surface area contributed by atoms with E-state index in [0.29, 0.717) is 0 Å². The second-order valence-corrected chi connectivity index (χ2v) is 8.13. The van der Waals surface area contributed by atoms with Crippen LogP contribution in [-0.4, -0.2) is 50.7 Å². The minimum Gasteiger partial charge on any atom is -0.493 e. The maximum Gasteiger partial charge on any atom is 0.193 e. The summed E-state index contributed by atoms with van der Waals surface area (Å²) in [5.41, 5.74) is 2.11. The smallest absolute Gasteiger partial charge is 0.193 e. The van der Waals surface area contributed by atoms with Gasteiger partial charge in [-0.2, -0.15) is 0 Å². The highest BCUT2D eigenvalue weighted by atomic mass is 127. The quantitative estimate of drug-likeness (QED) is 0.340. The fourth-order valence-corrected chi connectivity index (χ4v) is 3.45. The van der Waals surface area contributed by atoms with E-state index in [2.05, 4.69) is 45.5 Å². The Kier molecular flexibility index (Phi) is 9.49. The van der Waals surface area contributed by atoms with Gasteiger partial charge in [-0.05, 0) is 24.6 Å². The van der Waals surface area contributed by atoms with E-state index in [1.807, 2.05) is 26.1 Å². The van der Waals surface area contributed by atoms with Gasteiger partial charge in [0.15, 0.2) is 17.5 Å². The van der Waals surface area contributed by atoms with E-state index in [1.54, 1.807) is 32.6 Å². The second kappa shape index (κ2) is 10.8. The molecule has 156 valence electrons. The van der Waals surface area contributed by atoms with Gasteiger partial charge in [0.25, 0.3) is 0 Å². The molecule has 0 radical (unpaired) electrons. The number of aliphatic imine (C=N–C) groups is 1. The number of nitrogens with one attached hydrogen (secondary N) is 1. The van der Waals surface area contributed by atoms with Crippen molar-refractivity contribution in [2.75, 3.05) is 34.9 Å². The van der Waals surface area contributed by atoms with Gasteiger partial charge in [-0.15, -0.1) is 35.3 Å². The molecule has 1 aromatic carbocycles. The normalized spacial score (nSPS) is 11.6. The summed E-state index contributed by atoms with van der Waals surface area (Å²) in [6.45, 7) is 7.86. The molecule has 0 aliphatic heterocycles. The molecule has 0 spiro atoms. The first kappa shape index (κ1) is 24.5. The number of rotatable bonds is 7. The van der Waals surface area contributed by atoms with Crippen molar-refractivity contribution in [3.8, 4) is 11.5 Å². The number of aryl methyl sites for hydroxylation is 1. The third kappa shape index (κ3) is 6.23. The van der Waals surface area contributed by atoms with Crippen LogP contribution in [0.25, 0.3) is 0 Å². The van der Waals surface area contributed by atoms with Crippen LogP contribution >= 0.6 is 35.3 Å². The Bertz CT molecular complexity index is 792. The highest BCUT2D eigenvalue weighted by Crippen LogP contribution is 2.32. The second-order valence-electron chi connectivity index (χ2n) is 7.07. The van der Waals surface area contributed by atoms with Crippen LogP contribution in [-0.2, 0) is 12.0 Å². The fraction of sp³-hybridized carbons (Fsp3) is 0.500. The summed E-state index contributed by atoms with van der Waals surface area (Å²) in [7, 11) is 7.12. The highest BCUT2D eigenvalue weighted by Gasteiger charge is 2.23. The molecule has 1 aromatic heterocycles. The van der Waals surface area contributed by atoms with Crippen molar-refractivity contribution in [1.82, 2.24) is 15.2 Å². The van der Waals surface area contributed by atoms with E-state index in [9.17, 15) is 0 Å². The molecule has 0 aliphatic rings. The molecule has 2 rings (SSSR count). The van der Waals surface area contributed by atoms with Crippen molar-refractivity contribution in [3.05, 3.63) is 39.8 Å². The van der Waals surface area contributed by atoms with Crippen molar-refractivity contribution in [1.29, 1.82) is 0 Å². The number of ether oxygens (including phenoxy) is 2. The van der Waals surface area contributed by atoms with E-state index in [1.165, 1.54) is 5.56 Å². The molecule has 0 saturated carbocycles. The summed E-state index contributed by atoms with van der Waals surface area (Å²) < 4.78 is 10.8. The number of aromatic nitrogens is 1. The van der Waals surface area contributed by atoms with Crippen molar-refractivity contribution in [2.45, 2.75) is 32.7 Å². The average Bonchev–Trinajstić information content (AvgIpc) is 3.06. The topological polar surface area (TPSA) is 59.0 Å². The first-order valence-electron chi connectivity index (χ1n) is 8.86. The number of guanidine groups is 1. The monoisotopic (exact) mass is 518 g/mol. The van der Waals surface area contributed by atoms with Gasteiger partial charge < -0.3 is 19.7 Å². The van der Waals surface area contributed by atoms with Gasteiger partial charge in [-0.1, -0.05) is 19.9 Å². The SMILES string of the molecule is CN=C(NCC(C)(C)c1ccc(OC)c(OC)c1)N(C)Cc1csc(C)n1.I. The molecule has 0 fully saturated rings. The van der Waals surface area contributed by atoms with Gasteiger partial charge in [-0.25, -0.2) is 4.98 Å². The Morgan fingerprint density at radius 1 is 1.25 bits per heavy atom. The maximum absolute atomic E-state index is 5.44. The molecule has 2 aromatic rings. The largest absolute Gasteiger partial charge is 0.493 e. The molecule has 0 atom stereocenters. The fourth-order valence-electron chi connectivity index (χ4n) is 2.84. The number of benzene rings is 1. The Morgan fingerprint density at radius 3 is 2.46 bits per heavy atom. The number of hydrogen-bond acceptors (Lipinski definition) is 5. The van der Waals surface area contributed by atoms with Gasteiger partial charge in [0, 0.05) is 31.4 Å². The first-order valence-corrected chi connectivity index (χ1v) is 9.74. The van der Waals surface area contributed by atoms with E-state index in [4.69, 9.17) is 9.47 Å². The molecular weight excluding hydrogens is 487 g/mol. The van der Waals surface area contributed by atoms with E-state index < -0.39 is 0 Å². The number of thiazole rings is 1. The van der Waals surface area contributed by atoms with E-state index >= 15 is 0 Å². The Labute approximate surface area is 189 Å². The van der Waals surface area contributed by atoms with Crippen LogP contribution in [0.15, 0.2) is 28.6 Å². The highest BCUT2D eigenvalue weighted by molar-refractivity contribution is 14.0. The van der Waals surface area contributed by atoms with Crippen LogP contribution in [0.4, 0.5) is 0 Å². The van der Waals surface area contributed by atoms with Crippen LogP contribution in [0.2, 0.25) is 0 Å². The Balaban J connectivity index is 0.00000392. The van der Waals surface area contributed by atoms with Crippen LogP contribution < -0.4 is 14.8 Å². The van der Waals surface area contributed by atoms with Crippen LogP contribution in [0, 0.1) is 6.92 Å². The van der Waals surface area contributed by atoms with E-state index in [-0.39, 0.29) is 29.4 Å². The summed E-state index contributed by atoms with van der Waals surface area (Å²) in [4.78, 5) is 11.0. The zero-order chi connectivity index (χ0) is 20.0. The van der Waals surface area contributed by atoms with Crippen molar-refractivity contribution in [2.24, 2.45) is 4.99 Å². The Morgan fingerprint density at radius 2 is 1.93 bits per heavy atom. The molecule has 0 unspecified atom stereocenters. The standard InChI is InChI=1S/C20H30N4O2S.HI/c1-14-23-16(12-27-14)11-24(5)19(21-4)22-13-20(2,3)15-8-9-17(25-6)18(10-15)26-7;/h8-10,12H,11,13H2,1-7H3,(H,21,22);1H. The van der Waals surface area contributed by atoms with Gasteiger partial charge in [0.2, 0.25) is 0 Å². The summed E-state index contributed by atoms with van der Waals surface area (Å²) in [5, 5.41) is 6.65. The van der Waals surface area contributed by atoms with Gasteiger partial charge >= 0.3 is 0 Å². The average molecular weight is 518 g/mol. The van der Waals surface area contributed by atoms with Crippen molar-refractivity contribution in [3.63, 3.8) is 0 Å². The molecule has 8 heteroatoms. The van der Waals surface area contributed by atoms with Crippen molar-refractivity contribution < 1.29 is 9.47 Å². The van der Waals surface area contributed by atoms with Crippen LogP contribution in [0.3, 0.4) is 0 Å². The molecule has 0 aliphatic carbocycles. The summed E-state index contributed by atoms with van der Waals surface area (Å²) in [6, 6.07) is 6.06. The molecule has 1 heterocycles. The van der Waals surface area contributed by atoms with Crippen LogP contribution in [0.1, 0.15) is 30.1 Å². The van der Waals surface area contributed by atoms with Crippen LogP contribution in [0.5, 0.6) is 11.5 Å². The maximum atomic E-state index is 5.44. The molecule has 1 N–H and O–H groups in total. The predicted molar refractivity (Wildman–Crippen MR) is 128 cm³/mol. The van der Waals surface area contributed by atoms with Gasteiger partial charge in [0.05, 0.1) is 31.5 Å². The zero-order valence-corrected chi connectivity index (χ0v) is 20.8. The summed E-state index contributed by atoms with van der Waals surface area (Å²) in [6.07, 6.45) is 0. The third-order valence-corrected chi connectivity index (χ3v) is 5.31. The predicted octanol–water partition coefficient (Wildman–Crippen LogP) is 4.07. The lowest BCUT2D eigenvalue weighted by Crippen LogP contribution is -2.44. The lowest BCUT2D eigenvalue weighted by Gasteiger charge is -2.29. The molecule has 0 amide bonds. The molecule has 6 nitrogen and oxygen atoms in total. The first-order chi connectivity index (χ1) is 12.8. The zero-order valence-electron chi connectivity index (χ0n) is 17.7. The molecule has 0 bridgehead atoms. The Hall–Kier alpha value is -1.55. The lowest BCUT2D eigenvalue weighted by molar-refractivity contribution is 0.353. The molecular formula is C20H31IN4O2S. The molecule has 28 heavy (non-hydrogen) atoms. The minimum atomic E-state index is -0.118. The number of halogens is 1. The van der Waals surface area contributed by atoms with E-state index in [0.717, 1.165) is 41.2 Å². The summed E-state index contributed by atoms with van der Waals surface area (Å²) >= 11 is 1.67. The lowest BCUT2D eigenvalue weighted by atomic mass is 9.84. The van der Waals surface area contributed by atoms with Gasteiger partial charge in [-0.3, -0.25) is 4.99 Å². The van der Waals surface area contributed by atoms with Gasteiger partial charge in [0.1, 0.15) is 0 Å². The third-order valence-electron chi connectivity index (χ3n) is 4.49. The minimum absolute atomic E-state index is 0. The number of methoxy groups -OCH3 is 2. The number of nitrogens with zero attached hydrogens (tertiary/aromatic N) is 3. The van der Waals surface area contributed by atoms with Crippen molar-refractivity contribution >= 4 is 41.3 Å². The summed E-state index contributed by atoms with van der Waals surface area (Å²) in [5.74, 6) is 2.32.